The predicted molar refractivity (Wildman–Crippen MR) is 113 cm³/mol. The molecule has 166 valence electrons. The van der Waals surface area contributed by atoms with Crippen LogP contribution in [-0.2, 0) is 4.79 Å². The molecule has 3 N–H and O–H groups in total. The summed E-state index contributed by atoms with van der Waals surface area (Å²) in [6.07, 6.45) is 5.13. The van der Waals surface area contributed by atoms with Crippen LogP contribution >= 0.6 is 0 Å². The summed E-state index contributed by atoms with van der Waals surface area (Å²) in [7, 11) is 0. The average molecular weight is 428 g/mol. The maximum Gasteiger partial charge on any atom is 0.337 e. The Bertz CT molecular complexity index is 880. The Morgan fingerprint density at radius 1 is 1.06 bits per heavy atom. The average Bonchev–Trinajstić information content (AvgIpc) is 2.77. The Morgan fingerprint density at radius 2 is 1.77 bits per heavy atom. The highest BCUT2D eigenvalue weighted by molar-refractivity contribution is 6.00. The molecule has 1 saturated carbocycles. The van der Waals surface area contributed by atoms with Crippen LogP contribution in [0.5, 0.6) is 0 Å². The van der Waals surface area contributed by atoms with Crippen molar-refractivity contribution < 1.29 is 24.3 Å². The van der Waals surface area contributed by atoms with Gasteiger partial charge in [-0.3, -0.25) is 9.69 Å². The number of benzene rings is 1. The van der Waals surface area contributed by atoms with Crippen LogP contribution in [0, 0.1) is 11.8 Å². The van der Waals surface area contributed by atoms with Gasteiger partial charge in [-0.05, 0) is 43.7 Å². The van der Waals surface area contributed by atoms with Gasteiger partial charge in [0, 0.05) is 25.7 Å². The molecule has 31 heavy (non-hydrogen) atoms. The molecule has 9 nitrogen and oxygen atoms in total. The largest absolute Gasteiger partial charge is 0.478 e. The number of fused-ring (bicyclic) bond motifs is 1. The number of carboxylic acids is 1. The molecule has 0 radical (unpaired) electrons. The van der Waals surface area contributed by atoms with Crippen LogP contribution in [0.1, 0.15) is 48.9 Å². The Hall–Kier alpha value is -3.10. The first-order valence-electron chi connectivity index (χ1n) is 10.9. The van der Waals surface area contributed by atoms with Gasteiger partial charge in [0.2, 0.25) is 5.91 Å². The van der Waals surface area contributed by atoms with E-state index in [1.807, 2.05) is 0 Å². The molecular weight excluding hydrogens is 400 g/mol. The van der Waals surface area contributed by atoms with E-state index in [-0.39, 0.29) is 47.1 Å². The second-order valence-electron chi connectivity index (χ2n) is 8.61. The molecule has 2 saturated heterocycles. The van der Waals surface area contributed by atoms with Gasteiger partial charge in [-0.2, -0.15) is 0 Å². The number of urea groups is 2. The van der Waals surface area contributed by atoms with Gasteiger partial charge in [-0.25, -0.2) is 14.4 Å². The zero-order valence-corrected chi connectivity index (χ0v) is 17.4. The summed E-state index contributed by atoms with van der Waals surface area (Å²) in [5.74, 6) is -1.12. The summed E-state index contributed by atoms with van der Waals surface area (Å²) in [4.78, 5) is 52.2. The second-order valence-corrected chi connectivity index (χ2v) is 8.61. The summed E-state index contributed by atoms with van der Waals surface area (Å²) in [6.45, 7) is 1.36. The Morgan fingerprint density at radius 3 is 2.52 bits per heavy atom. The molecule has 0 bridgehead atoms. The number of anilines is 1. The van der Waals surface area contributed by atoms with E-state index in [2.05, 4.69) is 10.6 Å². The fourth-order valence-electron chi connectivity index (χ4n) is 4.86. The maximum atomic E-state index is 12.8. The van der Waals surface area contributed by atoms with Crippen molar-refractivity contribution in [3.63, 3.8) is 0 Å². The number of amides is 5. The summed E-state index contributed by atoms with van der Waals surface area (Å²) >= 11 is 0. The van der Waals surface area contributed by atoms with Crippen molar-refractivity contribution >= 4 is 29.6 Å². The first-order valence-corrected chi connectivity index (χ1v) is 10.9. The highest BCUT2D eigenvalue weighted by Gasteiger charge is 2.42. The number of piperidine rings is 1. The summed E-state index contributed by atoms with van der Waals surface area (Å²) < 4.78 is 0. The number of aromatic carboxylic acids is 1. The minimum atomic E-state index is -1.10. The van der Waals surface area contributed by atoms with Crippen molar-refractivity contribution in [3.8, 4) is 0 Å². The van der Waals surface area contributed by atoms with Crippen molar-refractivity contribution in [2.45, 2.75) is 44.6 Å². The molecule has 4 rings (SSSR count). The zero-order chi connectivity index (χ0) is 22.0. The molecule has 1 aromatic carbocycles. The molecule has 3 aliphatic rings. The molecule has 3 fully saturated rings. The van der Waals surface area contributed by atoms with Crippen molar-refractivity contribution in [2.24, 2.45) is 11.8 Å². The Labute approximate surface area is 180 Å². The molecule has 1 aliphatic carbocycles. The van der Waals surface area contributed by atoms with E-state index in [9.17, 15) is 24.3 Å². The Balaban J connectivity index is 1.31. The summed E-state index contributed by atoms with van der Waals surface area (Å²) in [6, 6.07) is 5.63. The molecule has 0 aromatic heterocycles. The predicted octanol–water partition coefficient (Wildman–Crippen LogP) is 2.74. The molecular formula is C22H28N4O5. The lowest BCUT2D eigenvalue weighted by atomic mass is 9.82. The number of para-hydroxylation sites is 1. The fraction of sp³-hybridized carbons (Fsp3) is 0.545. The SMILES string of the molecule is O=C(O)c1ccccc1NC(=O)N1CCC(CN2C(=O)NC3CCCCC3C2=O)CC1. The van der Waals surface area contributed by atoms with Crippen molar-refractivity contribution in [1.82, 2.24) is 15.1 Å². The highest BCUT2D eigenvalue weighted by Crippen LogP contribution is 2.30. The van der Waals surface area contributed by atoms with Gasteiger partial charge in [0.05, 0.1) is 17.2 Å². The van der Waals surface area contributed by atoms with Gasteiger partial charge in [-0.1, -0.05) is 25.0 Å². The van der Waals surface area contributed by atoms with Crippen LogP contribution in [-0.4, -0.2) is 64.5 Å². The van der Waals surface area contributed by atoms with E-state index in [1.165, 1.54) is 11.0 Å². The van der Waals surface area contributed by atoms with Crippen LogP contribution in [0.4, 0.5) is 15.3 Å². The van der Waals surface area contributed by atoms with Gasteiger partial charge < -0.3 is 20.6 Å². The van der Waals surface area contributed by atoms with Gasteiger partial charge in [0.15, 0.2) is 0 Å². The van der Waals surface area contributed by atoms with Crippen molar-refractivity contribution in [2.75, 3.05) is 25.0 Å². The van der Waals surface area contributed by atoms with Gasteiger partial charge in [0.25, 0.3) is 0 Å². The van der Waals surface area contributed by atoms with Crippen molar-refractivity contribution in [3.05, 3.63) is 29.8 Å². The lowest BCUT2D eigenvalue weighted by Gasteiger charge is -2.42. The van der Waals surface area contributed by atoms with Crippen LogP contribution < -0.4 is 10.6 Å². The fourth-order valence-corrected chi connectivity index (χ4v) is 4.86. The van der Waals surface area contributed by atoms with Gasteiger partial charge >= 0.3 is 18.0 Å². The first kappa shape index (κ1) is 21.1. The number of carbonyl (C=O) groups is 4. The number of imide groups is 1. The number of nitrogens with one attached hydrogen (secondary N) is 2. The third kappa shape index (κ3) is 4.50. The van der Waals surface area contributed by atoms with Gasteiger partial charge in [0.1, 0.15) is 0 Å². The number of hydrogen-bond acceptors (Lipinski definition) is 4. The quantitative estimate of drug-likeness (QED) is 0.681. The van der Waals surface area contributed by atoms with Crippen LogP contribution in [0.3, 0.4) is 0 Å². The summed E-state index contributed by atoms with van der Waals surface area (Å²) in [5.41, 5.74) is 0.307. The van der Waals surface area contributed by atoms with E-state index >= 15 is 0 Å². The molecule has 2 aliphatic heterocycles. The third-order valence-electron chi connectivity index (χ3n) is 6.64. The number of rotatable bonds is 4. The van der Waals surface area contributed by atoms with Gasteiger partial charge in [-0.15, -0.1) is 0 Å². The lowest BCUT2D eigenvalue weighted by molar-refractivity contribution is -0.137. The Kier molecular flexibility index (Phi) is 6.11. The second kappa shape index (κ2) is 8.95. The van der Waals surface area contributed by atoms with Crippen LogP contribution in [0.2, 0.25) is 0 Å². The number of hydrogen-bond donors (Lipinski definition) is 3. The number of nitrogens with zero attached hydrogens (tertiary/aromatic N) is 2. The van der Waals surface area contributed by atoms with Crippen LogP contribution in [0.15, 0.2) is 24.3 Å². The monoisotopic (exact) mass is 428 g/mol. The maximum absolute atomic E-state index is 12.8. The first-order chi connectivity index (χ1) is 14.9. The normalized spacial score (nSPS) is 24.4. The van der Waals surface area contributed by atoms with Crippen LogP contribution in [0.25, 0.3) is 0 Å². The standard InChI is InChI=1S/C22H28N4O5/c27-19-15-5-1-3-7-17(15)24-22(31)26(19)13-14-9-11-25(12-10-14)21(30)23-18-8-4-2-6-16(18)20(28)29/h2,4,6,8,14-15,17H,1,3,5,7,9-13H2,(H,23,30)(H,24,31)(H,28,29). The summed E-state index contributed by atoms with van der Waals surface area (Å²) in [5, 5.41) is 14.9. The minimum absolute atomic E-state index is 0.0239. The molecule has 0 spiro atoms. The smallest absolute Gasteiger partial charge is 0.337 e. The van der Waals surface area contributed by atoms with E-state index in [4.69, 9.17) is 0 Å². The van der Waals surface area contributed by atoms with E-state index in [1.54, 1.807) is 23.1 Å². The molecule has 2 heterocycles. The molecule has 2 unspecified atom stereocenters. The zero-order valence-electron chi connectivity index (χ0n) is 17.4. The number of likely N-dealkylation sites (tertiary alicyclic amines) is 1. The molecule has 9 heteroatoms. The molecule has 1 aromatic rings. The minimum Gasteiger partial charge on any atom is -0.478 e. The van der Waals surface area contributed by atoms with E-state index in [0.29, 0.717) is 32.5 Å². The number of carboxylic acid groups (broad SMARTS) is 1. The van der Waals surface area contributed by atoms with E-state index in [0.717, 1.165) is 25.7 Å². The highest BCUT2D eigenvalue weighted by atomic mass is 16.4. The van der Waals surface area contributed by atoms with E-state index < -0.39 is 5.97 Å². The molecule has 5 amide bonds. The topological polar surface area (TPSA) is 119 Å². The lowest BCUT2D eigenvalue weighted by Crippen LogP contribution is -2.61. The third-order valence-corrected chi connectivity index (χ3v) is 6.64. The van der Waals surface area contributed by atoms with Crippen molar-refractivity contribution in [1.29, 1.82) is 0 Å². The molecule has 2 atom stereocenters. The number of carbonyl (C=O) groups excluding carboxylic acids is 3.